The van der Waals surface area contributed by atoms with Crippen molar-refractivity contribution < 1.29 is 0 Å². The Bertz CT molecular complexity index is 1450. The molecule has 0 saturated carbocycles. The van der Waals surface area contributed by atoms with Gasteiger partial charge in [0.1, 0.15) is 0 Å². The average molecular weight is 485 g/mol. The molecule has 0 amide bonds. The molecule has 2 aromatic heterocycles. The zero-order chi connectivity index (χ0) is 23.3. The number of hydrogen-bond acceptors (Lipinski definition) is 5. The molecule has 0 unspecified atom stereocenters. The van der Waals surface area contributed by atoms with Crippen molar-refractivity contribution in [1.82, 2.24) is 14.8 Å². The van der Waals surface area contributed by atoms with E-state index in [0.717, 1.165) is 27.2 Å². The van der Waals surface area contributed by atoms with Crippen molar-refractivity contribution in [2.75, 3.05) is 6.54 Å². The number of thioether (sulfide) groups is 1. The Kier molecular flexibility index (Phi) is 6.74. The van der Waals surface area contributed by atoms with Crippen molar-refractivity contribution in [3.05, 3.63) is 112 Å². The Morgan fingerprint density at radius 1 is 1.03 bits per heavy atom. The van der Waals surface area contributed by atoms with E-state index in [1.165, 1.54) is 22.5 Å². The molecule has 0 fully saturated rings. The first-order valence-electron chi connectivity index (χ1n) is 11.1. The van der Waals surface area contributed by atoms with Gasteiger partial charge in [-0.25, -0.2) is 4.98 Å². The van der Waals surface area contributed by atoms with Crippen LogP contribution in [-0.4, -0.2) is 27.5 Å². The standard InChI is InChI=1S/C27H24N4OS2/c1-19-11-13-21(14-12-19)33-18-24-22(17-28-16-15-20-7-3-2-4-8-20)26(32)31(30-24)27-29-23-9-5-6-10-25(23)34-27/h2-14,17,30H,15-16,18H2,1H3. The predicted octanol–water partition coefficient (Wildman–Crippen LogP) is 6.04. The maximum Gasteiger partial charge on any atom is 0.282 e. The summed E-state index contributed by atoms with van der Waals surface area (Å²) >= 11 is 3.19. The Morgan fingerprint density at radius 2 is 1.79 bits per heavy atom. The lowest BCUT2D eigenvalue weighted by Gasteiger charge is -2.02. The molecule has 2 heterocycles. The number of H-pyrrole nitrogens is 1. The van der Waals surface area contributed by atoms with E-state index in [-0.39, 0.29) is 5.56 Å². The lowest BCUT2D eigenvalue weighted by molar-refractivity contribution is 0.827. The molecule has 5 rings (SSSR count). The second-order valence-corrected chi connectivity index (χ2v) is 10.0. The van der Waals surface area contributed by atoms with Crippen molar-refractivity contribution in [3.8, 4) is 5.13 Å². The van der Waals surface area contributed by atoms with Crippen molar-refractivity contribution in [3.63, 3.8) is 0 Å². The Labute approximate surface area is 206 Å². The van der Waals surface area contributed by atoms with Gasteiger partial charge in [0, 0.05) is 23.4 Å². The van der Waals surface area contributed by atoms with Crippen LogP contribution in [-0.2, 0) is 12.2 Å². The molecule has 0 saturated heterocycles. The molecule has 1 N–H and O–H groups in total. The number of aromatic nitrogens is 3. The number of para-hydroxylation sites is 1. The number of aromatic amines is 1. The fraction of sp³-hybridized carbons (Fsp3) is 0.148. The topological polar surface area (TPSA) is 63.0 Å². The van der Waals surface area contributed by atoms with Crippen LogP contribution in [0.1, 0.15) is 22.4 Å². The van der Waals surface area contributed by atoms with Crippen LogP contribution >= 0.6 is 23.1 Å². The molecule has 0 aliphatic rings. The molecule has 0 radical (unpaired) electrons. The molecule has 5 aromatic rings. The molecule has 34 heavy (non-hydrogen) atoms. The number of aliphatic imine (C=N–C) groups is 1. The molecular formula is C27H24N4OS2. The number of nitrogens with one attached hydrogen (secondary N) is 1. The molecule has 3 aromatic carbocycles. The summed E-state index contributed by atoms with van der Waals surface area (Å²) in [6.07, 6.45) is 2.55. The summed E-state index contributed by atoms with van der Waals surface area (Å²) in [6.45, 7) is 2.70. The van der Waals surface area contributed by atoms with E-state index in [2.05, 4.69) is 58.4 Å². The smallest absolute Gasteiger partial charge is 0.282 e. The van der Waals surface area contributed by atoms with E-state index < -0.39 is 0 Å². The summed E-state index contributed by atoms with van der Waals surface area (Å²) in [5, 5.41) is 3.94. The van der Waals surface area contributed by atoms with Gasteiger partial charge in [-0.05, 0) is 43.2 Å². The number of thiazole rings is 1. The minimum Gasteiger partial charge on any atom is -0.292 e. The average Bonchev–Trinajstić information content (AvgIpc) is 3.43. The molecule has 0 aliphatic carbocycles. The van der Waals surface area contributed by atoms with E-state index in [9.17, 15) is 4.79 Å². The number of rotatable bonds is 8. The van der Waals surface area contributed by atoms with Crippen LogP contribution < -0.4 is 5.56 Å². The van der Waals surface area contributed by atoms with Gasteiger partial charge in [0.15, 0.2) is 0 Å². The van der Waals surface area contributed by atoms with E-state index in [1.54, 1.807) is 22.7 Å². The first-order chi connectivity index (χ1) is 16.7. The molecule has 0 spiro atoms. The summed E-state index contributed by atoms with van der Waals surface area (Å²) in [4.78, 5) is 23.8. The number of fused-ring (bicyclic) bond motifs is 1. The van der Waals surface area contributed by atoms with Gasteiger partial charge in [-0.15, -0.1) is 11.8 Å². The minimum atomic E-state index is -0.123. The highest BCUT2D eigenvalue weighted by atomic mass is 32.2. The lowest BCUT2D eigenvalue weighted by Crippen LogP contribution is -2.17. The Hall–Kier alpha value is -3.42. The summed E-state index contributed by atoms with van der Waals surface area (Å²) < 4.78 is 2.60. The van der Waals surface area contributed by atoms with Crippen LogP contribution in [0.2, 0.25) is 0 Å². The van der Waals surface area contributed by atoms with Crippen LogP contribution in [0, 0.1) is 6.92 Å². The number of benzene rings is 3. The second-order valence-electron chi connectivity index (χ2n) is 7.98. The Balaban J connectivity index is 1.43. The second kappa shape index (κ2) is 10.2. The van der Waals surface area contributed by atoms with Crippen molar-refractivity contribution in [2.24, 2.45) is 4.99 Å². The fourth-order valence-corrected chi connectivity index (χ4v) is 5.40. The minimum absolute atomic E-state index is 0.123. The van der Waals surface area contributed by atoms with E-state index in [1.807, 2.05) is 42.5 Å². The van der Waals surface area contributed by atoms with Crippen LogP contribution in [0.25, 0.3) is 15.3 Å². The lowest BCUT2D eigenvalue weighted by atomic mass is 10.1. The molecular weight excluding hydrogens is 460 g/mol. The maximum absolute atomic E-state index is 13.4. The monoisotopic (exact) mass is 484 g/mol. The van der Waals surface area contributed by atoms with Crippen LogP contribution in [0.4, 0.5) is 0 Å². The molecule has 170 valence electrons. The third-order valence-corrected chi connectivity index (χ3v) is 7.54. The summed E-state index contributed by atoms with van der Waals surface area (Å²) in [5.41, 5.74) is 4.66. The third-order valence-electron chi connectivity index (χ3n) is 5.48. The first-order valence-corrected chi connectivity index (χ1v) is 12.9. The molecule has 0 bridgehead atoms. The van der Waals surface area contributed by atoms with Crippen molar-refractivity contribution >= 4 is 39.5 Å². The Morgan fingerprint density at radius 3 is 2.59 bits per heavy atom. The fourth-order valence-electron chi connectivity index (χ4n) is 3.61. The molecule has 0 atom stereocenters. The van der Waals surface area contributed by atoms with E-state index >= 15 is 0 Å². The SMILES string of the molecule is Cc1ccc(SCc2[nH]n(-c3nc4ccccc4s3)c(=O)c2C=NCCc2ccccc2)cc1. The van der Waals surface area contributed by atoms with Crippen molar-refractivity contribution in [1.29, 1.82) is 0 Å². The van der Waals surface area contributed by atoms with Gasteiger partial charge in [-0.2, -0.15) is 4.68 Å². The quantitative estimate of drug-likeness (QED) is 0.216. The van der Waals surface area contributed by atoms with Gasteiger partial charge in [0.25, 0.3) is 5.56 Å². The van der Waals surface area contributed by atoms with Gasteiger partial charge in [-0.3, -0.25) is 14.9 Å². The summed E-state index contributed by atoms with van der Waals surface area (Å²) in [5.74, 6) is 0.635. The summed E-state index contributed by atoms with van der Waals surface area (Å²) in [6, 6.07) is 26.6. The van der Waals surface area contributed by atoms with Gasteiger partial charge in [-0.1, -0.05) is 71.5 Å². The highest BCUT2D eigenvalue weighted by Crippen LogP contribution is 2.26. The van der Waals surface area contributed by atoms with Crippen LogP contribution in [0.15, 0.2) is 93.5 Å². The van der Waals surface area contributed by atoms with Gasteiger partial charge in [0.05, 0.1) is 21.5 Å². The zero-order valence-corrected chi connectivity index (χ0v) is 20.4. The van der Waals surface area contributed by atoms with Gasteiger partial charge < -0.3 is 0 Å². The summed E-state index contributed by atoms with van der Waals surface area (Å²) in [7, 11) is 0. The third kappa shape index (κ3) is 5.05. The van der Waals surface area contributed by atoms with Crippen molar-refractivity contribution in [2.45, 2.75) is 24.0 Å². The number of hydrogen-bond donors (Lipinski definition) is 1. The highest BCUT2D eigenvalue weighted by molar-refractivity contribution is 7.98. The number of aryl methyl sites for hydroxylation is 1. The van der Waals surface area contributed by atoms with Gasteiger partial charge in [0.2, 0.25) is 5.13 Å². The maximum atomic E-state index is 13.4. The van der Waals surface area contributed by atoms with Crippen LogP contribution in [0.3, 0.4) is 0 Å². The first kappa shape index (κ1) is 22.4. The van der Waals surface area contributed by atoms with E-state index in [4.69, 9.17) is 0 Å². The largest absolute Gasteiger partial charge is 0.292 e. The predicted molar refractivity (Wildman–Crippen MR) is 143 cm³/mol. The molecule has 7 heteroatoms. The normalized spacial score (nSPS) is 11.6. The molecule has 0 aliphatic heterocycles. The number of nitrogens with zero attached hydrogens (tertiary/aromatic N) is 3. The zero-order valence-electron chi connectivity index (χ0n) is 18.8. The molecule has 5 nitrogen and oxygen atoms in total. The van der Waals surface area contributed by atoms with E-state index in [0.29, 0.717) is 23.0 Å². The van der Waals surface area contributed by atoms with Crippen LogP contribution in [0.5, 0.6) is 0 Å². The van der Waals surface area contributed by atoms with Gasteiger partial charge >= 0.3 is 0 Å². The highest BCUT2D eigenvalue weighted by Gasteiger charge is 2.17.